The van der Waals surface area contributed by atoms with E-state index in [9.17, 15) is 4.79 Å². The first-order chi connectivity index (χ1) is 7.07. The Morgan fingerprint density at radius 2 is 1.80 bits per heavy atom. The number of esters is 1. The van der Waals surface area contributed by atoms with Crippen LogP contribution in [0.3, 0.4) is 0 Å². The van der Waals surface area contributed by atoms with Gasteiger partial charge >= 0.3 is 5.97 Å². The summed E-state index contributed by atoms with van der Waals surface area (Å²) < 4.78 is 5.13. The molecule has 0 aliphatic rings. The van der Waals surface area contributed by atoms with E-state index in [1.165, 1.54) is 26.2 Å². The highest BCUT2D eigenvalue weighted by atomic mass is 16.5. The smallest absolute Gasteiger partial charge is 0.302 e. The molecule has 2 N–H and O–H groups in total. The summed E-state index contributed by atoms with van der Waals surface area (Å²) in [5.41, 5.74) is 5.42. The van der Waals surface area contributed by atoms with E-state index in [0.717, 1.165) is 19.4 Å². The third-order valence-electron chi connectivity index (χ3n) is 2.77. The maximum Gasteiger partial charge on any atom is 0.302 e. The second-order valence-corrected chi connectivity index (χ2v) is 4.28. The predicted molar refractivity (Wildman–Crippen MR) is 62.5 cm³/mol. The summed E-state index contributed by atoms with van der Waals surface area (Å²) in [4.78, 5) is 10.7. The van der Waals surface area contributed by atoms with Gasteiger partial charge in [0.1, 0.15) is 6.10 Å². The summed E-state index contributed by atoms with van der Waals surface area (Å²) in [5, 5.41) is 0. The topological polar surface area (TPSA) is 52.3 Å². The number of rotatable bonds is 8. The average Bonchev–Trinajstić information content (AvgIpc) is 2.16. The van der Waals surface area contributed by atoms with Crippen molar-refractivity contribution in [3.8, 4) is 0 Å². The maximum absolute atomic E-state index is 10.7. The zero-order valence-corrected chi connectivity index (χ0v) is 10.3. The van der Waals surface area contributed by atoms with Gasteiger partial charge in [0.25, 0.3) is 0 Å². The molecule has 0 saturated carbocycles. The van der Waals surface area contributed by atoms with Crippen molar-refractivity contribution >= 4 is 5.97 Å². The van der Waals surface area contributed by atoms with Gasteiger partial charge in [0.15, 0.2) is 0 Å². The van der Waals surface area contributed by atoms with Gasteiger partial charge in [-0.3, -0.25) is 4.79 Å². The van der Waals surface area contributed by atoms with Crippen molar-refractivity contribution in [2.45, 2.75) is 59.0 Å². The zero-order valence-electron chi connectivity index (χ0n) is 10.3. The summed E-state index contributed by atoms with van der Waals surface area (Å²) in [5.74, 6) is 0.268. The first-order valence-corrected chi connectivity index (χ1v) is 5.95. The van der Waals surface area contributed by atoms with E-state index in [2.05, 4.69) is 6.92 Å². The molecule has 0 aromatic heterocycles. The minimum absolute atomic E-state index is 0.0389. The van der Waals surface area contributed by atoms with E-state index in [1.807, 2.05) is 6.92 Å². The number of ether oxygens (including phenoxy) is 1. The number of hydrogen-bond acceptors (Lipinski definition) is 3. The summed E-state index contributed by atoms with van der Waals surface area (Å²) in [6.45, 7) is 6.35. The molecule has 90 valence electrons. The molecule has 0 radical (unpaired) electrons. The Labute approximate surface area is 93.4 Å². The summed E-state index contributed by atoms with van der Waals surface area (Å²) >= 11 is 0. The molecule has 2 atom stereocenters. The number of carbonyl (C=O) groups excluding carboxylic acids is 1. The second kappa shape index (κ2) is 8.72. The van der Waals surface area contributed by atoms with Crippen LogP contribution in [-0.4, -0.2) is 18.6 Å². The zero-order chi connectivity index (χ0) is 11.7. The van der Waals surface area contributed by atoms with E-state index in [0.29, 0.717) is 5.92 Å². The van der Waals surface area contributed by atoms with Crippen LogP contribution in [0.4, 0.5) is 0 Å². The molecule has 3 nitrogen and oxygen atoms in total. The Morgan fingerprint density at radius 1 is 1.20 bits per heavy atom. The van der Waals surface area contributed by atoms with Gasteiger partial charge in [-0.25, -0.2) is 0 Å². The fourth-order valence-electron chi connectivity index (χ4n) is 1.58. The molecule has 0 aliphatic carbocycles. The molecule has 0 amide bonds. The Balaban J connectivity index is 3.46. The Morgan fingerprint density at radius 3 is 2.33 bits per heavy atom. The number of nitrogens with two attached hydrogens (primary N) is 1. The van der Waals surface area contributed by atoms with Crippen molar-refractivity contribution in [3.05, 3.63) is 0 Å². The van der Waals surface area contributed by atoms with Gasteiger partial charge < -0.3 is 10.5 Å². The highest BCUT2D eigenvalue weighted by Gasteiger charge is 2.14. The van der Waals surface area contributed by atoms with Crippen molar-refractivity contribution in [1.29, 1.82) is 0 Å². The molecule has 0 heterocycles. The lowest BCUT2D eigenvalue weighted by Crippen LogP contribution is -2.20. The molecule has 0 rings (SSSR count). The monoisotopic (exact) mass is 215 g/mol. The Hall–Kier alpha value is -0.570. The van der Waals surface area contributed by atoms with Crippen LogP contribution in [0, 0.1) is 5.92 Å². The van der Waals surface area contributed by atoms with Gasteiger partial charge in [-0.05, 0) is 32.2 Å². The minimum atomic E-state index is -0.183. The van der Waals surface area contributed by atoms with Crippen molar-refractivity contribution in [3.63, 3.8) is 0 Å². The molecule has 0 spiro atoms. The third-order valence-corrected chi connectivity index (χ3v) is 2.77. The predicted octanol–water partition coefficient (Wildman–Crippen LogP) is 2.48. The standard InChI is InChI=1S/C12H25NO2/c1-10(11(2)15-12(3)14)8-6-4-5-7-9-13/h10-11H,4-9,13H2,1-3H3. The molecular formula is C12H25NO2. The molecule has 0 aliphatic heterocycles. The van der Waals surface area contributed by atoms with Gasteiger partial charge in [-0.2, -0.15) is 0 Å². The summed E-state index contributed by atoms with van der Waals surface area (Å²) in [7, 11) is 0. The molecule has 0 saturated heterocycles. The average molecular weight is 215 g/mol. The van der Waals surface area contributed by atoms with Crippen LogP contribution < -0.4 is 5.73 Å². The van der Waals surface area contributed by atoms with E-state index < -0.39 is 0 Å². The Bertz CT molecular complexity index is 171. The van der Waals surface area contributed by atoms with Crippen LogP contribution in [0.2, 0.25) is 0 Å². The molecular weight excluding hydrogens is 190 g/mol. The lowest BCUT2D eigenvalue weighted by Gasteiger charge is -2.19. The van der Waals surface area contributed by atoms with Gasteiger partial charge in [-0.1, -0.05) is 26.2 Å². The molecule has 0 aromatic rings. The van der Waals surface area contributed by atoms with Crippen molar-refractivity contribution in [2.75, 3.05) is 6.54 Å². The van der Waals surface area contributed by atoms with E-state index in [-0.39, 0.29) is 12.1 Å². The maximum atomic E-state index is 10.7. The highest BCUT2D eigenvalue weighted by molar-refractivity contribution is 5.66. The van der Waals surface area contributed by atoms with Crippen molar-refractivity contribution in [2.24, 2.45) is 11.7 Å². The quantitative estimate of drug-likeness (QED) is 0.500. The van der Waals surface area contributed by atoms with Gasteiger partial charge in [0.05, 0.1) is 0 Å². The van der Waals surface area contributed by atoms with Crippen LogP contribution in [0.5, 0.6) is 0 Å². The summed E-state index contributed by atoms with van der Waals surface area (Å²) in [6, 6.07) is 0. The highest BCUT2D eigenvalue weighted by Crippen LogP contribution is 2.16. The second-order valence-electron chi connectivity index (χ2n) is 4.28. The molecule has 3 heteroatoms. The lowest BCUT2D eigenvalue weighted by atomic mass is 9.98. The Kier molecular flexibility index (Phi) is 8.38. The van der Waals surface area contributed by atoms with Gasteiger partial charge in [0.2, 0.25) is 0 Å². The molecule has 0 bridgehead atoms. The molecule has 2 unspecified atom stereocenters. The van der Waals surface area contributed by atoms with Crippen LogP contribution in [-0.2, 0) is 9.53 Å². The van der Waals surface area contributed by atoms with Gasteiger partial charge in [0, 0.05) is 6.92 Å². The van der Waals surface area contributed by atoms with E-state index >= 15 is 0 Å². The van der Waals surface area contributed by atoms with Crippen molar-refractivity contribution < 1.29 is 9.53 Å². The largest absolute Gasteiger partial charge is 0.463 e. The van der Waals surface area contributed by atoms with Crippen LogP contribution >= 0.6 is 0 Å². The normalized spacial score (nSPS) is 14.7. The minimum Gasteiger partial charge on any atom is -0.463 e. The first-order valence-electron chi connectivity index (χ1n) is 5.95. The molecule has 15 heavy (non-hydrogen) atoms. The number of unbranched alkanes of at least 4 members (excludes halogenated alkanes) is 3. The van der Waals surface area contributed by atoms with Crippen LogP contribution in [0.1, 0.15) is 52.9 Å². The SMILES string of the molecule is CC(=O)OC(C)C(C)CCCCCCN. The molecule has 0 aromatic carbocycles. The molecule has 0 fully saturated rings. The van der Waals surface area contributed by atoms with E-state index in [1.54, 1.807) is 0 Å². The number of hydrogen-bond donors (Lipinski definition) is 1. The van der Waals surface area contributed by atoms with Crippen molar-refractivity contribution in [1.82, 2.24) is 0 Å². The van der Waals surface area contributed by atoms with Crippen LogP contribution in [0.25, 0.3) is 0 Å². The lowest BCUT2D eigenvalue weighted by molar-refractivity contribution is -0.147. The van der Waals surface area contributed by atoms with E-state index in [4.69, 9.17) is 10.5 Å². The number of carbonyl (C=O) groups is 1. The third kappa shape index (κ3) is 8.43. The first kappa shape index (κ1) is 14.4. The van der Waals surface area contributed by atoms with Gasteiger partial charge in [-0.15, -0.1) is 0 Å². The van der Waals surface area contributed by atoms with Crippen LogP contribution in [0.15, 0.2) is 0 Å². The fourth-order valence-corrected chi connectivity index (χ4v) is 1.58. The summed E-state index contributed by atoms with van der Waals surface area (Å²) in [6.07, 6.45) is 5.93. The fraction of sp³-hybridized carbons (Fsp3) is 0.917.